The molecule has 0 fully saturated rings. The van der Waals surface area contributed by atoms with Crippen LogP contribution in [-0.2, 0) is 4.79 Å². The molecule has 0 aliphatic heterocycles. The highest BCUT2D eigenvalue weighted by atomic mass is 79.9. The van der Waals surface area contributed by atoms with E-state index >= 15 is 0 Å². The Morgan fingerprint density at radius 2 is 1.85 bits per heavy atom. The molecule has 0 aliphatic carbocycles. The van der Waals surface area contributed by atoms with E-state index in [0.717, 1.165) is 11.1 Å². The molecule has 0 bridgehead atoms. The fourth-order valence-corrected chi connectivity index (χ4v) is 3.77. The van der Waals surface area contributed by atoms with Crippen LogP contribution in [0.2, 0.25) is 0 Å². The molecule has 3 N–H and O–H groups in total. The maximum Gasteiger partial charge on any atom is 0.264 e. The lowest BCUT2D eigenvalue weighted by Crippen LogP contribution is -2.37. The summed E-state index contributed by atoms with van der Waals surface area (Å²) in [4.78, 5) is 12.1. The summed E-state index contributed by atoms with van der Waals surface area (Å²) in [6.45, 7) is 5.98. The largest absolute Gasteiger partial charge is 0.506 e. The van der Waals surface area contributed by atoms with Crippen LogP contribution in [0.3, 0.4) is 0 Å². The Morgan fingerprint density at radius 3 is 2.44 bits per heavy atom. The highest BCUT2D eigenvalue weighted by Gasteiger charge is 2.12. The van der Waals surface area contributed by atoms with E-state index in [1.807, 2.05) is 25.1 Å². The molecule has 27 heavy (non-hydrogen) atoms. The SMILES string of the molecule is Cc1ccc(C(C)C)c(OCC(=O)NC(=S)Nc2cc(Br)c(O)c(Br)c2)c1. The summed E-state index contributed by atoms with van der Waals surface area (Å²) in [6, 6.07) is 9.26. The van der Waals surface area contributed by atoms with Crippen LogP contribution in [0.4, 0.5) is 5.69 Å². The summed E-state index contributed by atoms with van der Waals surface area (Å²) in [5.74, 6) is 0.715. The molecule has 0 saturated carbocycles. The summed E-state index contributed by atoms with van der Waals surface area (Å²) in [6.07, 6.45) is 0. The van der Waals surface area contributed by atoms with E-state index < -0.39 is 0 Å². The van der Waals surface area contributed by atoms with E-state index in [0.29, 0.717) is 20.4 Å². The lowest BCUT2D eigenvalue weighted by Gasteiger charge is -2.15. The van der Waals surface area contributed by atoms with Crippen molar-refractivity contribution in [2.45, 2.75) is 26.7 Å². The number of phenolic OH excluding ortho intramolecular Hbond substituents is 1. The smallest absolute Gasteiger partial charge is 0.264 e. The fraction of sp³-hybridized carbons (Fsp3) is 0.263. The van der Waals surface area contributed by atoms with Crippen LogP contribution in [0.5, 0.6) is 11.5 Å². The Labute approximate surface area is 180 Å². The van der Waals surface area contributed by atoms with Crippen LogP contribution in [-0.4, -0.2) is 22.7 Å². The third kappa shape index (κ3) is 6.19. The van der Waals surface area contributed by atoms with Gasteiger partial charge >= 0.3 is 0 Å². The second-order valence-electron chi connectivity index (χ2n) is 6.28. The van der Waals surface area contributed by atoms with Gasteiger partial charge in [-0.3, -0.25) is 10.1 Å². The molecule has 2 aromatic rings. The van der Waals surface area contributed by atoms with Crippen LogP contribution >= 0.6 is 44.1 Å². The number of anilines is 1. The maximum absolute atomic E-state index is 12.1. The first-order valence-corrected chi connectivity index (χ1v) is 10.2. The predicted molar refractivity (Wildman–Crippen MR) is 119 cm³/mol. The van der Waals surface area contributed by atoms with Crippen LogP contribution in [0, 0.1) is 6.92 Å². The van der Waals surface area contributed by atoms with Crippen molar-refractivity contribution in [2.75, 3.05) is 11.9 Å². The monoisotopic (exact) mass is 514 g/mol. The van der Waals surface area contributed by atoms with Gasteiger partial charge in [0, 0.05) is 5.69 Å². The minimum Gasteiger partial charge on any atom is -0.506 e. The molecule has 0 heterocycles. The van der Waals surface area contributed by atoms with Crippen LogP contribution in [0.25, 0.3) is 0 Å². The van der Waals surface area contributed by atoms with E-state index in [2.05, 4.69) is 56.3 Å². The molecule has 144 valence electrons. The average Bonchev–Trinajstić information content (AvgIpc) is 2.57. The number of benzene rings is 2. The summed E-state index contributed by atoms with van der Waals surface area (Å²) >= 11 is 11.6. The Hall–Kier alpha value is -1.64. The Balaban J connectivity index is 1.94. The third-order valence-electron chi connectivity index (χ3n) is 3.68. The number of thiocarbonyl (C=S) groups is 1. The zero-order valence-electron chi connectivity index (χ0n) is 15.1. The van der Waals surface area contributed by atoms with E-state index in [-0.39, 0.29) is 29.3 Å². The number of halogens is 2. The molecule has 1 amide bonds. The number of aryl methyl sites for hydroxylation is 1. The van der Waals surface area contributed by atoms with E-state index in [1.165, 1.54) is 0 Å². The number of phenols is 1. The molecule has 0 radical (unpaired) electrons. The van der Waals surface area contributed by atoms with Crippen molar-refractivity contribution in [3.8, 4) is 11.5 Å². The summed E-state index contributed by atoms with van der Waals surface area (Å²) in [5.41, 5.74) is 2.72. The predicted octanol–water partition coefficient (Wildman–Crippen LogP) is 5.24. The third-order valence-corrected chi connectivity index (χ3v) is 5.09. The van der Waals surface area contributed by atoms with Crippen LogP contribution in [0.15, 0.2) is 39.3 Å². The number of carbonyl (C=O) groups excluding carboxylic acids is 1. The maximum atomic E-state index is 12.1. The van der Waals surface area contributed by atoms with Crippen molar-refractivity contribution in [3.63, 3.8) is 0 Å². The topological polar surface area (TPSA) is 70.6 Å². The molecule has 2 rings (SSSR count). The van der Waals surface area contributed by atoms with Gasteiger partial charge in [-0.2, -0.15) is 0 Å². The molecule has 2 aromatic carbocycles. The minimum absolute atomic E-state index is 0.0861. The Kier molecular flexibility index (Phi) is 7.64. The number of aromatic hydroxyl groups is 1. The van der Waals surface area contributed by atoms with E-state index in [9.17, 15) is 9.90 Å². The number of carbonyl (C=O) groups is 1. The number of ether oxygens (including phenoxy) is 1. The lowest BCUT2D eigenvalue weighted by molar-refractivity contribution is -0.121. The Bertz CT molecular complexity index is 849. The van der Waals surface area contributed by atoms with Gasteiger partial charge in [-0.05, 0) is 86.2 Å². The minimum atomic E-state index is -0.361. The summed E-state index contributed by atoms with van der Waals surface area (Å²) in [7, 11) is 0. The number of nitrogens with one attached hydrogen (secondary N) is 2. The standard InChI is InChI=1S/C19H20Br2N2O3S/c1-10(2)13-5-4-11(3)6-16(13)26-9-17(24)23-19(27)22-12-7-14(20)18(25)15(21)8-12/h4-8,10,25H,9H2,1-3H3,(H2,22,23,24,27). The van der Waals surface area contributed by atoms with Gasteiger partial charge in [0.05, 0.1) is 8.95 Å². The van der Waals surface area contributed by atoms with E-state index in [4.69, 9.17) is 17.0 Å². The van der Waals surface area contributed by atoms with Gasteiger partial charge in [0.2, 0.25) is 0 Å². The van der Waals surface area contributed by atoms with Crippen molar-refractivity contribution in [3.05, 3.63) is 50.4 Å². The average molecular weight is 516 g/mol. The highest BCUT2D eigenvalue weighted by Crippen LogP contribution is 2.35. The first-order chi connectivity index (χ1) is 12.7. The molecule has 0 spiro atoms. The fourth-order valence-electron chi connectivity index (χ4n) is 2.35. The van der Waals surface area contributed by atoms with Crippen molar-refractivity contribution >= 4 is 60.8 Å². The Morgan fingerprint density at radius 1 is 1.22 bits per heavy atom. The lowest BCUT2D eigenvalue weighted by atomic mass is 10.0. The zero-order valence-corrected chi connectivity index (χ0v) is 19.1. The zero-order chi connectivity index (χ0) is 20.1. The highest BCUT2D eigenvalue weighted by molar-refractivity contribution is 9.11. The van der Waals surface area contributed by atoms with Gasteiger partial charge in [-0.25, -0.2) is 0 Å². The van der Waals surface area contributed by atoms with Gasteiger partial charge in [0.15, 0.2) is 11.7 Å². The number of amides is 1. The van der Waals surface area contributed by atoms with Crippen LogP contribution < -0.4 is 15.4 Å². The molecule has 0 aromatic heterocycles. The molecular weight excluding hydrogens is 496 g/mol. The number of hydrogen-bond donors (Lipinski definition) is 3. The van der Waals surface area contributed by atoms with E-state index in [1.54, 1.807) is 12.1 Å². The van der Waals surface area contributed by atoms with Gasteiger partial charge in [-0.15, -0.1) is 0 Å². The summed E-state index contributed by atoms with van der Waals surface area (Å²) < 4.78 is 6.69. The molecular formula is C19H20Br2N2O3S. The molecule has 0 atom stereocenters. The first kappa shape index (κ1) is 21.7. The van der Waals surface area contributed by atoms with Gasteiger partial charge < -0.3 is 15.2 Å². The summed E-state index contributed by atoms with van der Waals surface area (Å²) in [5, 5.41) is 15.3. The van der Waals surface area contributed by atoms with Crippen molar-refractivity contribution in [1.29, 1.82) is 0 Å². The second-order valence-corrected chi connectivity index (χ2v) is 8.39. The molecule has 0 unspecified atom stereocenters. The van der Waals surface area contributed by atoms with Gasteiger partial charge in [0.1, 0.15) is 11.5 Å². The molecule has 8 heteroatoms. The van der Waals surface area contributed by atoms with Crippen molar-refractivity contribution in [1.82, 2.24) is 5.32 Å². The van der Waals surface area contributed by atoms with Crippen molar-refractivity contribution in [2.24, 2.45) is 0 Å². The molecule has 0 aliphatic rings. The van der Waals surface area contributed by atoms with Crippen LogP contribution in [0.1, 0.15) is 30.9 Å². The first-order valence-electron chi connectivity index (χ1n) is 8.19. The second kappa shape index (κ2) is 9.52. The number of hydrogen-bond acceptors (Lipinski definition) is 4. The molecule has 0 saturated heterocycles. The van der Waals surface area contributed by atoms with Gasteiger partial charge in [-0.1, -0.05) is 26.0 Å². The normalized spacial score (nSPS) is 10.6. The van der Waals surface area contributed by atoms with Crippen molar-refractivity contribution < 1.29 is 14.6 Å². The quantitative estimate of drug-likeness (QED) is 0.375. The van der Waals surface area contributed by atoms with Gasteiger partial charge in [0.25, 0.3) is 5.91 Å². The molecule has 5 nitrogen and oxygen atoms in total. The number of rotatable bonds is 5.